The van der Waals surface area contributed by atoms with Crippen molar-refractivity contribution < 1.29 is 40.9 Å². The largest absolute Gasteiger partial charge is 0.393 e. The van der Waals surface area contributed by atoms with E-state index in [1.807, 2.05) is 0 Å². The summed E-state index contributed by atoms with van der Waals surface area (Å²) in [5.41, 5.74) is 0. The zero-order chi connectivity index (χ0) is 65.7. The topological polar surface area (TPSA) is 162 Å². The Hall–Kier alpha value is -0.320. The summed E-state index contributed by atoms with van der Waals surface area (Å²) in [7, 11) is 0. The van der Waals surface area contributed by atoms with E-state index in [9.17, 15) is 40.9 Å². The van der Waals surface area contributed by atoms with Crippen molar-refractivity contribution in [1.82, 2.24) is 0 Å². The van der Waals surface area contributed by atoms with Crippen molar-refractivity contribution in [2.75, 3.05) is 0 Å². The van der Waals surface area contributed by atoms with E-state index in [0.717, 1.165) is 116 Å². The van der Waals surface area contributed by atoms with E-state index >= 15 is 0 Å². The average Bonchev–Trinajstić information content (AvgIpc) is 3.65. The fourth-order valence-electron chi connectivity index (χ4n) is 17.0. The summed E-state index contributed by atoms with van der Waals surface area (Å²) in [5.74, 6) is 14.7. The molecule has 0 amide bonds. The number of aliphatic hydroxyl groups excluding tert-OH is 8. The Bertz CT molecular complexity index is 1550. The van der Waals surface area contributed by atoms with Gasteiger partial charge in [0.15, 0.2) is 0 Å². The van der Waals surface area contributed by atoms with Crippen LogP contribution in [0.2, 0.25) is 0 Å². The molecule has 8 rings (SSSR count). The Balaban J connectivity index is 0.000000492. The number of hydrogen-bond donors (Lipinski definition) is 8. The lowest BCUT2D eigenvalue weighted by Crippen LogP contribution is -2.34. The first kappa shape index (κ1) is 83.7. The van der Waals surface area contributed by atoms with Gasteiger partial charge in [0, 0.05) is 0 Å². The third-order valence-corrected chi connectivity index (χ3v) is 24.3. The maximum absolute atomic E-state index is 9.81. The zero-order valence-electron chi connectivity index (χ0n) is 61.3. The molecule has 24 unspecified atom stereocenters. The van der Waals surface area contributed by atoms with Gasteiger partial charge in [-0.05, 0) is 246 Å². The highest BCUT2D eigenvalue weighted by atomic mass is 16.3. The molecule has 8 nitrogen and oxygen atoms in total. The van der Waals surface area contributed by atoms with Crippen LogP contribution in [0.15, 0.2) is 0 Å². The van der Waals surface area contributed by atoms with Crippen LogP contribution in [0.5, 0.6) is 0 Å². The molecule has 516 valence electrons. The second-order valence-corrected chi connectivity index (χ2v) is 33.1. The van der Waals surface area contributed by atoms with Crippen LogP contribution in [0, 0.1) is 130 Å². The van der Waals surface area contributed by atoms with E-state index in [-0.39, 0.29) is 48.8 Å². The first-order valence-electron chi connectivity index (χ1n) is 37.6. The Morgan fingerprint density at radius 3 is 1.19 bits per heavy atom. The molecule has 0 radical (unpaired) electrons. The molecule has 8 heteroatoms. The summed E-state index contributed by atoms with van der Waals surface area (Å²) >= 11 is 0. The van der Waals surface area contributed by atoms with Crippen molar-refractivity contribution in [1.29, 1.82) is 0 Å². The van der Waals surface area contributed by atoms with Crippen LogP contribution in [0.25, 0.3) is 0 Å². The molecule has 0 aromatic rings. The van der Waals surface area contributed by atoms with Crippen LogP contribution in [0.3, 0.4) is 0 Å². The quantitative estimate of drug-likeness (QED) is 0.119. The minimum absolute atomic E-state index is 0.0139. The molecule has 24 atom stereocenters. The van der Waals surface area contributed by atoms with E-state index in [1.165, 1.54) is 116 Å². The molecule has 0 aromatic carbocycles. The number of aliphatic hydroxyl groups is 8. The van der Waals surface area contributed by atoms with Crippen molar-refractivity contribution in [2.45, 2.75) is 368 Å². The van der Waals surface area contributed by atoms with Gasteiger partial charge in [-0.1, -0.05) is 204 Å². The maximum atomic E-state index is 9.81. The van der Waals surface area contributed by atoms with Gasteiger partial charge in [-0.3, -0.25) is 0 Å². The number of hydrogen-bond acceptors (Lipinski definition) is 8. The van der Waals surface area contributed by atoms with Gasteiger partial charge in [0.1, 0.15) is 0 Å². The molecule has 8 aliphatic carbocycles. The van der Waals surface area contributed by atoms with Gasteiger partial charge >= 0.3 is 0 Å². The van der Waals surface area contributed by atoms with Gasteiger partial charge in [0.25, 0.3) is 0 Å². The molecule has 8 N–H and O–H groups in total. The van der Waals surface area contributed by atoms with Crippen molar-refractivity contribution in [3.8, 4) is 0 Å². The summed E-state index contributed by atoms with van der Waals surface area (Å²) in [6, 6.07) is 0. The lowest BCUT2D eigenvalue weighted by molar-refractivity contribution is 0.00480. The smallest absolute Gasteiger partial charge is 0.0596 e. The Morgan fingerprint density at radius 1 is 0.291 bits per heavy atom. The molecule has 0 heterocycles. The van der Waals surface area contributed by atoms with Gasteiger partial charge in [-0.15, -0.1) is 0 Å². The van der Waals surface area contributed by atoms with Gasteiger partial charge in [-0.25, -0.2) is 0 Å². The van der Waals surface area contributed by atoms with E-state index in [0.29, 0.717) is 65.1 Å². The van der Waals surface area contributed by atoms with Crippen molar-refractivity contribution >= 4 is 0 Å². The Labute approximate surface area is 536 Å². The van der Waals surface area contributed by atoms with Gasteiger partial charge in [-0.2, -0.15) is 0 Å². The van der Waals surface area contributed by atoms with Crippen molar-refractivity contribution in [3.63, 3.8) is 0 Å². The molecular formula is C78H156O8. The van der Waals surface area contributed by atoms with Gasteiger partial charge in [0.2, 0.25) is 0 Å². The Morgan fingerprint density at radius 2 is 0.756 bits per heavy atom. The highest BCUT2D eigenvalue weighted by Gasteiger charge is 2.35. The third kappa shape index (κ3) is 31.1. The van der Waals surface area contributed by atoms with Gasteiger partial charge < -0.3 is 40.9 Å². The van der Waals surface area contributed by atoms with E-state index < -0.39 is 0 Å². The highest BCUT2D eigenvalue weighted by molar-refractivity contribution is 4.85. The van der Waals surface area contributed by atoms with Crippen LogP contribution in [0.1, 0.15) is 319 Å². The summed E-state index contributed by atoms with van der Waals surface area (Å²) in [4.78, 5) is 0. The van der Waals surface area contributed by atoms with E-state index in [2.05, 4.69) is 152 Å². The minimum atomic E-state index is -0.0382. The standard InChI is InChI=1S/6C10H20O.2C9H18O/c1-7(2)10-5-4-9(11)6-8(10)3;1-7(2)9-4-5-10(11)8(3)6-9;1-7(2)9-5-4-8(3)10(11)6-9;1-7(2)9-5-4-6-10(11)8(9)3;1-7(2)10-8(3)5-4-6-9(10)11;1-7(2)9-6-4-5-8(3)10(9)11;1-3-8-5-4-7(2)9(10)6-8;1-3-8-6-4-5-7(2)9(8)10/h6*7-11H,4-6H2,1-3H3;2*7-10H,3-6H2,1-2H3. The molecule has 8 saturated carbocycles. The first-order valence-corrected chi connectivity index (χ1v) is 37.6. The highest BCUT2D eigenvalue weighted by Crippen LogP contribution is 2.39. The van der Waals surface area contributed by atoms with Crippen LogP contribution < -0.4 is 0 Å². The minimum Gasteiger partial charge on any atom is -0.393 e. The predicted molar refractivity (Wildman–Crippen MR) is 370 cm³/mol. The monoisotopic (exact) mass is 1220 g/mol. The summed E-state index contributed by atoms with van der Waals surface area (Å²) in [5, 5.41) is 76.7. The van der Waals surface area contributed by atoms with E-state index in [1.54, 1.807) is 0 Å². The zero-order valence-corrected chi connectivity index (χ0v) is 61.3. The van der Waals surface area contributed by atoms with Crippen LogP contribution >= 0.6 is 0 Å². The molecule has 0 saturated heterocycles. The summed E-state index contributed by atoms with van der Waals surface area (Å²) in [6.07, 6.45) is 30.7. The molecule has 8 aliphatic rings. The van der Waals surface area contributed by atoms with E-state index in [4.69, 9.17) is 0 Å². The molecule has 0 aliphatic heterocycles. The molecular weight excluding hydrogens is 1060 g/mol. The predicted octanol–water partition coefficient (Wildman–Crippen LogP) is 19.0. The normalized spacial score (nSPS) is 40.0. The second kappa shape index (κ2) is 44.3. The van der Waals surface area contributed by atoms with Gasteiger partial charge in [0.05, 0.1) is 48.8 Å². The molecule has 8 fully saturated rings. The van der Waals surface area contributed by atoms with Crippen molar-refractivity contribution in [2.24, 2.45) is 130 Å². The summed E-state index contributed by atoms with van der Waals surface area (Å²) in [6.45, 7) is 49.0. The van der Waals surface area contributed by atoms with Crippen molar-refractivity contribution in [3.05, 3.63) is 0 Å². The Kier molecular flexibility index (Phi) is 43.1. The molecule has 0 aromatic heterocycles. The average molecular weight is 1220 g/mol. The van der Waals surface area contributed by atoms with Crippen LogP contribution in [0.4, 0.5) is 0 Å². The maximum Gasteiger partial charge on any atom is 0.0596 e. The van der Waals surface area contributed by atoms with Crippen LogP contribution in [-0.2, 0) is 0 Å². The SMILES string of the molecule is CC(C)C1C(C)CCCC1O.CC(C)C1CCC(C)C(O)C1.CC(C)C1CCC(O)C(C)C1.CC(C)C1CCC(O)CC1C.CC(C)C1CCCC(C)C1O.CC(C)C1CCCC(O)C1C.CCC1CCC(C)C(O)C1.CCC1CCCC(C)C1O. The fourth-order valence-corrected chi connectivity index (χ4v) is 17.0. The lowest BCUT2D eigenvalue weighted by atomic mass is 9.73. The lowest BCUT2D eigenvalue weighted by Gasteiger charge is -2.36. The molecule has 0 spiro atoms. The number of rotatable bonds is 8. The molecule has 0 bridgehead atoms. The third-order valence-electron chi connectivity index (χ3n) is 24.3. The fraction of sp³-hybridized carbons (Fsp3) is 1.00. The second-order valence-electron chi connectivity index (χ2n) is 33.1. The molecule has 86 heavy (non-hydrogen) atoms. The summed E-state index contributed by atoms with van der Waals surface area (Å²) < 4.78 is 0. The van der Waals surface area contributed by atoms with Crippen LogP contribution in [-0.4, -0.2) is 89.7 Å². The first-order chi connectivity index (χ1) is 40.2.